The molecule has 1 aliphatic heterocycles. The third-order valence-electron chi connectivity index (χ3n) is 2.76. The summed E-state index contributed by atoms with van der Waals surface area (Å²) in [5.41, 5.74) is 0.784. The van der Waals surface area contributed by atoms with Crippen LogP contribution in [-0.2, 0) is 0 Å². The predicted octanol–water partition coefficient (Wildman–Crippen LogP) is 4.03. The molecular formula is C13H9Cl2NO. The molecule has 1 heterocycles. The molecule has 1 aromatic carbocycles. The van der Waals surface area contributed by atoms with E-state index in [-0.39, 0.29) is 5.92 Å². The molecule has 3 rings (SSSR count). The van der Waals surface area contributed by atoms with Gasteiger partial charge in [-0.2, -0.15) is 0 Å². The fourth-order valence-electron chi connectivity index (χ4n) is 1.87. The second-order valence-electron chi connectivity index (χ2n) is 3.93. The van der Waals surface area contributed by atoms with Gasteiger partial charge in [0, 0.05) is 6.21 Å². The topological polar surface area (TPSA) is 21.6 Å². The number of hydrogen-bond acceptors (Lipinski definition) is 2. The van der Waals surface area contributed by atoms with E-state index >= 15 is 0 Å². The number of para-hydroxylation sites is 2. The van der Waals surface area contributed by atoms with Crippen molar-refractivity contribution in [3.8, 4) is 5.75 Å². The molecule has 4 heteroatoms. The van der Waals surface area contributed by atoms with Gasteiger partial charge in [-0.25, -0.2) is 0 Å². The van der Waals surface area contributed by atoms with Crippen LogP contribution in [0.1, 0.15) is 0 Å². The van der Waals surface area contributed by atoms with Gasteiger partial charge in [0.2, 0.25) is 0 Å². The van der Waals surface area contributed by atoms with Gasteiger partial charge in [0.1, 0.15) is 11.4 Å². The molecule has 0 spiro atoms. The van der Waals surface area contributed by atoms with Crippen molar-refractivity contribution in [2.24, 2.45) is 10.9 Å². The molecule has 0 amide bonds. The van der Waals surface area contributed by atoms with Crippen LogP contribution in [0, 0.1) is 5.92 Å². The van der Waals surface area contributed by atoms with E-state index in [4.69, 9.17) is 27.9 Å². The lowest BCUT2D eigenvalue weighted by Gasteiger charge is -2.27. The van der Waals surface area contributed by atoms with Crippen LogP contribution in [0.2, 0.25) is 0 Å². The molecule has 0 saturated heterocycles. The minimum Gasteiger partial charge on any atom is -0.459 e. The number of alkyl halides is 2. The maximum atomic E-state index is 6.23. The van der Waals surface area contributed by atoms with Crippen molar-refractivity contribution in [3.05, 3.63) is 48.3 Å². The highest BCUT2D eigenvalue weighted by atomic mass is 35.5. The lowest BCUT2D eigenvalue weighted by Crippen LogP contribution is -2.30. The van der Waals surface area contributed by atoms with Gasteiger partial charge in [-0.3, -0.25) is 4.99 Å². The van der Waals surface area contributed by atoms with Gasteiger partial charge in [0.15, 0.2) is 10.1 Å². The normalized spacial score (nSPS) is 24.1. The third kappa shape index (κ3) is 1.88. The van der Waals surface area contributed by atoms with Crippen molar-refractivity contribution in [1.29, 1.82) is 0 Å². The molecule has 0 bridgehead atoms. The number of halogens is 2. The van der Waals surface area contributed by atoms with Gasteiger partial charge in [-0.05, 0) is 24.3 Å². The molecule has 0 saturated carbocycles. The molecule has 1 unspecified atom stereocenters. The smallest absolute Gasteiger partial charge is 0.152 e. The quantitative estimate of drug-likeness (QED) is 0.650. The summed E-state index contributed by atoms with van der Waals surface area (Å²) in [6.07, 6.45) is 7.13. The Hall–Kier alpha value is -1.25. The highest BCUT2D eigenvalue weighted by molar-refractivity contribution is 6.51. The zero-order chi connectivity index (χ0) is 11.9. The second-order valence-corrected chi connectivity index (χ2v) is 5.37. The van der Waals surface area contributed by atoms with Gasteiger partial charge in [-0.1, -0.05) is 41.4 Å². The van der Waals surface area contributed by atoms with Crippen molar-refractivity contribution < 1.29 is 4.74 Å². The van der Waals surface area contributed by atoms with Crippen LogP contribution in [-0.4, -0.2) is 10.5 Å². The Morgan fingerprint density at radius 3 is 2.94 bits per heavy atom. The Bertz CT molecular complexity index is 546. The summed E-state index contributed by atoms with van der Waals surface area (Å²) < 4.78 is 4.81. The molecule has 1 aliphatic carbocycles. The maximum Gasteiger partial charge on any atom is 0.152 e. The summed E-state index contributed by atoms with van der Waals surface area (Å²) in [6.45, 7) is 0. The first-order valence-corrected chi connectivity index (χ1v) is 6.01. The summed E-state index contributed by atoms with van der Waals surface area (Å²) >= 11 is 12.5. The summed E-state index contributed by atoms with van der Waals surface area (Å²) in [5.74, 6) is 1.17. The molecule has 2 aliphatic rings. The van der Waals surface area contributed by atoms with E-state index in [0.717, 1.165) is 11.4 Å². The second kappa shape index (κ2) is 3.90. The minimum absolute atomic E-state index is 0.261. The standard InChI is InChI=1S/C13H9Cl2NO/c14-13(15)7-3-6-11-9(13)8-16-10-4-1-2-5-12(10)17-11/h1-9H. The Labute approximate surface area is 109 Å². The molecule has 1 atom stereocenters. The molecule has 17 heavy (non-hydrogen) atoms. The average molecular weight is 266 g/mol. The van der Waals surface area contributed by atoms with Crippen LogP contribution < -0.4 is 4.74 Å². The van der Waals surface area contributed by atoms with Gasteiger partial charge in [-0.15, -0.1) is 0 Å². The van der Waals surface area contributed by atoms with Crippen molar-refractivity contribution >= 4 is 35.1 Å². The van der Waals surface area contributed by atoms with Crippen molar-refractivity contribution in [3.63, 3.8) is 0 Å². The van der Waals surface area contributed by atoms with Crippen molar-refractivity contribution in [2.45, 2.75) is 4.33 Å². The zero-order valence-electron chi connectivity index (χ0n) is 8.81. The van der Waals surface area contributed by atoms with E-state index in [2.05, 4.69) is 4.99 Å². The first kappa shape index (κ1) is 10.9. The summed E-state index contributed by atoms with van der Waals surface area (Å²) in [6, 6.07) is 7.58. The Morgan fingerprint density at radius 2 is 2.06 bits per heavy atom. The van der Waals surface area contributed by atoms with Gasteiger partial charge in [0.05, 0.1) is 5.92 Å². The number of nitrogens with zero attached hydrogens (tertiary/aromatic N) is 1. The highest BCUT2D eigenvalue weighted by Gasteiger charge is 2.38. The molecule has 0 radical (unpaired) electrons. The summed E-state index contributed by atoms with van der Waals surface area (Å²) in [4.78, 5) is 4.37. The first-order chi connectivity index (χ1) is 8.17. The number of ether oxygens (including phenoxy) is 1. The Kier molecular flexibility index (Phi) is 2.49. The van der Waals surface area contributed by atoms with Crippen molar-refractivity contribution in [1.82, 2.24) is 0 Å². The number of hydrogen-bond donors (Lipinski definition) is 0. The largest absolute Gasteiger partial charge is 0.459 e. The number of allylic oxidation sites excluding steroid dienone is 4. The fraction of sp³-hybridized carbons (Fsp3) is 0.154. The molecule has 0 fully saturated rings. The van der Waals surface area contributed by atoms with Crippen molar-refractivity contribution in [2.75, 3.05) is 0 Å². The number of fused-ring (bicyclic) bond motifs is 2. The van der Waals surface area contributed by atoms with Gasteiger partial charge < -0.3 is 4.74 Å². The highest BCUT2D eigenvalue weighted by Crippen LogP contribution is 2.42. The maximum absolute atomic E-state index is 6.23. The van der Waals surface area contributed by atoms with Crippen LogP contribution in [0.25, 0.3) is 0 Å². The van der Waals surface area contributed by atoms with E-state index in [1.807, 2.05) is 30.3 Å². The number of rotatable bonds is 0. The summed E-state index contributed by atoms with van der Waals surface area (Å²) in [7, 11) is 0. The van der Waals surface area contributed by atoms with Gasteiger partial charge in [0.25, 0.3) is 0 Å². The lowest BCUT2D eigenvalue weighted by molar-refractivity contribution is 0.381. The van der Waals surface area contributed by atoms with E-state index in [1.54, 1.807) is 18.4 Å². The first-order valence-electron chi connectivity index (χ1n) is 5.25. The molecule has 0 aromatic heterocycles. The SMILES string of the molecule is ClC1(Cl)C=CC=C2Oc3ccccc3N=CC21. The van der Waals surface area contributed by atoms with Crippen LogP contribution in [0.4, 0.5) is 5.69 Å². The molecule has 0 N–H and O–H groups in total. The molecule has 2 nitrogen and oxygen atoms in total. The van der Waals surface area contributed by atoms with Crippen LogP contribution in [0.3, 0.4) is 0 Å². The monoisotopic (exact) mass is 265 g/mol. The minimum atomic E-state index is -1.00. The Balaban J connectivity index is 2.09. The summed E-state index contributed by atoms with van der Waals surface area (Å²) in [5, 5.41) is 0. The van der Waals surface area contributed by atoms with Gasteiger partial charge >= 0.3 is 0 Å². The number of aliphatic imine (C=N–C) groups is 1. The van der Waals surface area contributed by atoms with Crippen LogP contribution in [0.15, 0.2) is 53.2 Å². The fourth-order valence-corrected chi connectivity index (χ4v) is 2.34. The molecule has 86 valence electrons. The van der Waals surface area contributed by atoms with Crippen LogP contribution >= 0.6 is 23.2 Å². The van der Waals surface area contributed by atoms with E-state index in [1.165, 1.54) is 0 Å². The van der Waals surface area contributed by atoms with E-state index in [9.17, 15) is 0 Å². The number of benzene rings is 1. The predicted molar refractivity (Wildman–Crippen MR) is 70.4 cm³/mol. The third-order valence-corrected chi connectivity index (χ3v) is 3.48. The van der Waals surface area contributed by atoms with E-state index < -0.39 is 4.33 Å². The van der Waals surface area contributed by atoms with Crippen LogP contribution in [0.5, 0.6) is 5.75 Å². The Morgan fingerprint density at radius 1 is 1.24 bits per heavy atom. The molecule has 1 aromatic rings. The average Bonchev–Trinajstić information content (AvgIpc) is 2.48. The zero-order valence-corrected chi connectivity index (χ0v) is 10.3. The van der Waals surface area contributed by atoms with E-state index in [0.29, 0.717) is 5.76 Å². The lowest BCUT2D eigenvalue weighted by atomic mass is 9.99. The molecular weight excluding hydrogens is 257 g/mol.